The number of hydrogen-bond acceptors (Lipinski definition) is 3. The molecule has 94 valence electrons. The average Bonchev–Trinajstić information content (AvgIpc) is 2.15. The van der Waals surface area contributed by atoms with Gasteiger partial charge in [0.25, 0.3) is 0 Å². The van der Waals surface area contributed by atoms with Gasteiger partial charge >= 0.3 is 5.97 Å². The van der Waals surface area contributed by atoms with Crippen molar-refractivity contribution in [3.63, 3.8) is 0 Å². The molecule has 0 rings (SSSR count). The zero-order valence-corrected chi connectivity index (χ0v) is 10.5. The maximum atomic E-state index is 11.4. The summed E-state index contributed by atoms with van der Waals surface area (Å²) in [6.07, 6.45) is 1.93. The van der Waals surface area contributed by atoms with E-state index in [1.165, 1.54) is 13.8 Å². The van der Waals surface area contributed by atoms with E-state index in [0.29, 0.717) is 0 Å². The van der Waals surface area contributed by atoms with Crippen LogP contribution < -0.4 is 10.6 Å². The van der Waals surface area contributed by atoms with Crippen LogP contribution in [0.4, 0.5) is 0 Å². The van der Waals surface area contributed by atoms with E-state index in [0.717, 1.165) is 12.8 Å². The molecule has 0 saturated heterocycles. The summed E-state index contributed by atoms with van der Waals surface area (Å²) in [6.45, 7) is 7.06. The number of amides is 1. The maximum absolute atomic E-state index is 11.4. The molecule has 0 bridgehead atoms. The minimum Gasteiger partial charge on any atom is -0.480 e. The first-order valence-electron chi connectivity index (χ1n) is 5.57. The van der Waals surface area contributed by atoms with Gasteiger partial charge in [-0.25, -0.2) is 0 Å². The number of aliphatic carboxylic acids is 1. The molecule has 0 fully saturated rings. The fourth-order valence-electron chi connectivity index (χ4n) is 1.21. The zero-order chi connectivity index (χ0) is 12.8. The molecule has 16 heavy (non-hydrogen) atoms. The summed E-state index contributed by atoms with van der Waals surface area (Å²) >= 11 is 0. The minimum atomic E-state index is -1.08. The molecule has 0 heterocycles. The predicted octanol–water partition coefficient (Wildman–Crippen LogP) is 0.744. The molecule has 0 saturated carbocycles. The van der Waals surface area contributed by atoms with Crippen molar-refractivity contribution in [2.45, 2.75) is 52.1 Å². The first kappa shape index (κ1) is 14.9. The second-order valence-corrected chi connectivity index (χ2v) is 4.54. The van der Waals surface area contributed by atoms with Gasteiger partial charge in [0.05, 0.1) is 6.54 Å². The third kappa shape index (κ3) is 5.70. The zero-order valence-electron chi connectivity index (χ0n) is 10.5. The van der Waals surface area contributed by atoms with Crippen LogP contribution in [0.2, 0.25) is 0 Å². The molecule has 1 amide bonds. The van der Waals surface area contributed by atoms with E-state index in [1.807, 2.05) is 6.92 Å². The van der Waals surface area contributed by atoms with Crippen molar-refractivity contribution < 1.29 is 14.7 Å². The first-order valence-corrected chi connectivity index (χ1v) is 5.57. The average molecular weight is 230 g/mol. The van der Waals surface area contributed by atoms with Crippen LogP contribution in [0.15, 0.2) is 0 Å². The summed E-state index contributed by atoms with van der Waals surface area (Å²) in [4.78, 5) is 22.2. The molecule has 0 aliphatic rings. The smallest absolute Gasteiger partial charge is 0.323 e. The van der Waals surface area contributed by atoms with Gasteiger partial charge in [0.2, 0.25) is 5.91 Å². The van der Waals surface area contributed by atoms with Crippen molar-refractivity contribution in [3.05, 3.63) is 0 Å². The lowest BCUT2D eigenvalue weighted by Gasteiger charge is -2.21. The Morgan fingerprint density at radius 3 is 2.38 bits per heavy atom. The lowest BCUT2D eigenvalue weighted by molar-refractivity contribution is -0.143. The van der Waals surface area contributed by atoms with E-state index in [-0.39, 0.29) is 18.5 Å². The molecule has 0 aliphatic carbocycles. The fourth-order valence-corrected chi connectivity index (χ4v) is 1.21. The highest BCUT2D eigenvalue weighted by atomic mass is 16.4. The van der Waals surface area contributed by atoms with Gasteiger partial charge in [-0.05, 0) is 27.2 Å². The highest BCUT2D eigenvalue weighted by Crippen LogP contribution is 2.00. The number of rotatable bonds is 7. The molecule has 5 heteroatoms. The van der Waals surface area contributed by atoms with Gasteiger partial charge in [0, 0.05) is 6.04 Å². The van der Waals surface area contributed by atoms with Gasteiger partial charge in [-0.2, -0.15) is 0 Å². The number of carboxylic acids is 1. The van der Waals surface area contributed by atoms with Crippen molar-refractivity contribution in [1.29, 1.82) is 0 Å². The van der Waals surface area contributed by atoms with Crippen molar-refractivity contribution in [3.8, 4) is 0 Å². The van der Waals surface area contributed by atoms with Crippen LogP contribution in [0.3, 0.4) is 0 Å². The fraction of sp³-hybridized carbons (Fsp3) is 0.818. The lowest BCUT2D eigenvalue weighted by Crippen LogP contribution is -2.51. The monoisotopic (exact) mass is 230 g/mol. The van der Waals surface area contributed by atoms with Gasteiger partial charge in [-0.3, -0.25) is 14.9 Å². The molecule has 0 spiro atoms. The van der Waals surface area contributed by atoms with E-state index in [2.05, 4.69) is 17.6 Å². The van der Waals surface area contributed by atoms with Crippen molar-refractivity contribution in [2.75, 3.05) is 6.54 Å². The summed E-state index contributed by atoms with van der Waals surface area (Å²) in [7, 11) is 0. The quantitative estimate of drug-likeness (QED) is 0.603. The van der Waals surface area contributed by atoms with Crippen LogP contribution in [-0.4, -0.2) is 35.1 Å². The number of carbonyl (C=O) groups excluding carboxylic acids is 1. The van der Waals surface area contributed by atoms with E-state index < -0.39 is 11.5 Å². The summed E-state index contributed by atoms with van der Waals surface area (Å²) in [5.41, 5.74) is -1.08. The highest BCUT2D eigenvalue weighted by Gasteiger charge is 2.26. The van der Waals surface area contributed by atoms with Crippen LogP contribution in [0.1, 0.15) is 40.5 Å². The molecule has 0 aromatic rings. The van der Waals surface area contributed by atoms with E-state index in [9.17, 15) is 9.59 Å². The molecule has 5 nitrogen and oxygen atoms in total. The Morgan fingerprint density at radius 2 is 1.94 bits per heavy atom. The summed E-state index contributed by atoms with van der Waals surface area (Å²) < 4.78 is 0. The second kappa shape index (κ2) is 6.48. The number of carbonyl (C=O) groups is 2. The van der Waals surface area contributed by atoms with Gasteiger partial charge in [-0.1, -0.05) is 13.3 Å². The molecular weight excluding hydrogens is 208 g/mol. The van der Waals surface area contributed by atoms with Crippen LogP contribution >= 0.6 is 0 Å². The Hall–Kier alpha value is -1.10. The van der Waals surface area contributed by atoms with E-state index >= 15 is 0 Å². The Balaban J connectivity index is 3.94. The molecule has 0 aliphatic heterocycles. The normalized spacial score (nSPS) is 13.2. The molecular formula is C11H22N2O3. The molecule has 1 atom stereocenters. The third-order valence-electron chi connectivity index (χ3n) is 2.35. The van der Waals surface area contributed by atoms with Crippen LogP contribution in [0.25, 0.3) is 0 Å². The molecule has 1 unspecified atom stereocenters. The van der Waals surface area contributed by atoms with Crippen molar-refractivity contribution in [1.82, 2.24) is 10.6 Å². The van der Waals surface area contributed by atoms with E-state index in [1.54, 1.807) is 0 Å². The summed E-state index contributed by atoms with van der Waals surface area (Å²) in [5, 5.41) is 14.3. The van der Waals surface area contributed by atoms with Crippen molar-refractivity contribution >= 4 is 11.9 Å². The Kier molecular flexibility index (Phi) is 6.03. The maximum Gasteiger partial charge on any atom is 0.323 e. The number of carboxylic acid groups (broad SMARTS) is 1. The largest absolute Gasteiger partial charge is 0.480 e. The Morgan fingerprint density at radius 1 is 1.38 bits per heavy atom. The first-order chi connectivity index (χ1) is 7.29. The topological polar surface area (TPSA) is 78.4 Å². The SMILES string of the molecule is CCCC(C)NC(=O)CNC(C)(C)C(=O)O. The van der Waals surface area contributed by atoms with Crippen LogP contribution in [-0.2, 0) is 9.59 Å². The van der Waals surface area contributed by atoms with E-state index in [4.69, 9.17) is 5.11 Å². The standard InChI is InChI=1S/C11H22N2O3/c1-5-6-8(2)13-9(14)7-12-11(3,4)10(15)16/h8,12H,5-7H2,1-4H3,(H,13,14)(H,15,16). The van der Waals surface area contributed by atoms with Crippen molar-refractivity contribution in [2.24, 2.45) is 0 Å². The van der Waals surface area contributed by atoms with Crippen LogP contribution in [0.5, 0.6) is 0 Å². The Bertz CT molecular complexity index is 252. The lowest BCUT2D eigenvalue weighted by atomic mass is 10.1. The highest BCUT2D eigenvalue weighted by molar-refractivity contribution is 5.81. The number of nitrogens with one attached hydrogen (secondary N) is 2. The minimum absolute atomic E-state index is 0.0212. The molecule has 3 N–H and O–H groups in total. The molecule has 0 aromatic heterocycles. The van der Waals surface area contributed by atoms with Gasteiger partial charge in [0.15, 0.2) is 0 Å². The van der Waals surface area contributed by atoms with Gasteiger partial charge in [0.1, 0.15) is 5.54 Å². The second-order valence-electron chi connectivity index (χ2n) is 4.54. The third-order valence-corrected chi connectivity index (χ3v) is 2.35. The Labute approximate surface area is 96.6 Å². The van der Waals surface area contributed by atoms with Gasteiger partial charge in [-0.15, -0.1) is 0 Å². The van der Waals surface area contributed by atoms with Crippen LogP contribution in [0, 0.1) is 0 Å². The van der Waals surface area contributed by atoms with Gasteiger partial charge < -0.3 is 10.4 Å². The molecule has 0 aromatic carbocycles. The number of hydrogen-bond donors (Lipinski definition) is 3. The predicted molar refractivity (Wildman–Crippen MR) is 62.2 cm³/mol. The summed E-state index contributed by atoms with van der Waals surface area (Å²) in [6, 6.07) is 0.132. The molecule has 0 radical (unpaired) electrons. The summed E-state index contributed by atoms with van der Waals surface area (Å²) in [5.74, 6) is -1.14.